The minimum atomic E-state index is -0.554. The predicted molar refractivity (Wildman–Crippen MR) is 109 cm³/mol. The van der Waals surface area contributed by atoms with Crippen LogP contribution in [0.1, 0.15) is 37.3 Å². The van der Waals surface area contributed by atoms with E-state index >= 15 is 0 Å². The maximum Gasteiger partial charge on any atom is 0.264 e. The number of aromatic nitrogens is 2. The van der Waals surface area contributed by atoms with Crippen LogP contribution in [0.2, 0.25) is 0 Å². The van der Waals surface area contributed by atoms with Crippen molar-refractivity contribution in [1.29, 1.82) is 0 Å². The van der Waals surface area contributed by atoms with Crippen molar-refractivity contribution < 1.29 is 14.1 Å². The van der Waals surface area contributed by atoms with Gasteiger partial charge in [-0.2, -0.15) is 4.98 Å². The topological polar surface area (TPSA) is 68.5 Å². The first-order valence-corrected chi connectivity index (χ1v) is 10.3. The molecule has 2 aromatic heterocycles. The van der Waals surface area contributed by atoms with Gasteiger partial charge >= 0.3 is 0 Å². The van der Waals surface area contributed by atoms with E-state index < -0.39 is 6.10 Å². The van der Waals surface area contributed by atoms with Crippen molar-refractivity contribution in [2.45, 2.75) is 46.8 Å². The highest BCUT2D eigenvalue weighted by Crippen LogP contribution is 2.22. The van der Waals surface area contributed by atoms with Gasteiger partial charge in [0.1, 0.15) is 12.3 Å². The summed E-state index contributed by atoms with van der Waals surface area (Å²) in [5.74, 6) is 1.59. The minimum Gasteiger partial charge on any atom is -0.481 e. The van der Waals surface area contributed by atoms with Crippen LogP contribution in [-0.4, -0.2) is 33.6 Å². The lowest BCUT2D eigenvalue weighted by molar-refractivity contribution is -0.139. The van der Waals surface area contributed by atoms with Gasteiger partial charge in [-0.3, -0.25) is 4.79 Å². The fraction of sp³-hybridized carbons (Fsp3) is 0.381. The summed E-state index contributed by atoms with van der Waals surface area (Å²) in [7, 11) is 0. The van der Waals surface area contributed by atoms with Crippen molar-refractivity contribution in [3.05, 3.63) is 52.7 Å². The number of amides is 1. The Balaban J connectivity index is 1.69. The second-order valence-corrected chi connectivity index (χ2v) is 7.55. The molecule has 7 heteroatoms. The first kappa shape index (κ1) is 20.1. The van der Waals surface area contributed by atoms with Crippen LogP contribution in [-0.2, 0) is 11.3 Å². The molecule has 0 saturated carbocycles. The van der Waals surface area contributed by atoms with Gasteiger partial charge in [0.15, 0.2) is 6.10 Å². The Morgan fingerprint density at radius 2 is 2.07 bits per heavy atom. The van der Waals surface area contributed by atoms with Crippen molar-refractivity contribution in [3.8, 4) is 16.5 Å². The largest absolute Gasteiger partial charge is 0.481 e. The third-order valence-corrected chi connectivity index (χ3v) is 5.50. The summed E-state index contributed by atoms with van der Waals surface area (Å²) in [5.41, 5.74) is 2.33. The molecule has 0 saturated heterocycles. The second-order valence-electron chi connectivity index (χ2n) is 6.60. The van der Waals surface area contributed by atoms with Crippen molar-refractivity contribution in [2.24, 2.45) is 0 Å². The number of carbonyl (C=O) groups excluding carboxylic acids is 1. The molecule has 1 aromatic carbocycles. The molecule has 6 nitrogen and oxygen atoms in total. The molecule has 0 aliphatic rings. The van der Waals surface area contributed by atoms with E-state index in [0.717, 1.165) is 10.4 Å². The van der Waals surface area contributed by atoms with Gasteiger partial charge in [-0.05, 0) is 61.9 Å². The molecule has 3 rings (SSSR count). The highest BCUT2D eigenvalue weighted by molar-refractivity contribution is 7.13. The average molecular weight is 400 g/mol. The first-order chi connectivity index (χ1) is 13.5. The quantitative estimate of drug-likeness (QED) is 0.553. The lowest BCUT2D eigenvalue weighted by atomic mass is 10.1. The number of hydrogen-bond acceptors (Lipinski definition) is 6. The van der Waals surface area contributed by atoms with Crippen molar-refractivity contribution in [2.75, 3.05) is 6.54 Å². The van der Waals surface area contributed by atoms with E-state index in [-0.39, 0.29) is 12.5 Å². The zero-order valence-electron chi connectivity index (χ0n) is 16.6. The van der Waals surface area contributed by atoms with E-state index in [0.29, 0.717) is 30.4 Å². The number of aryl methyl sites for hydroxylation is 2. The normalized spacial score (nSPS) is 12.0. The number of nitrogens with zero attached hydrogens (tertiary/aromatic N) is 3. The lowest BCUT2D eigenvalue weighted by Crippen LogP contribution is -2.41. The molecule has 0 radical (unpaired) electrons. The van der Waals surface area contributed by atoms with Crippen LogP contribution in [0.25, 0.3) is 10.7 Å². The molecule has 1 atom stereocenters. The lowest BCUT2D eigenvalue weighted by Gasteiger charge is -2.25. The summed E-state index contributed by atoms with van der Waals surface area (Å²) < 4.78 is 11.3. The van der Waals surface area contributed by atoms with E-state index in [1.165, 1.54) is 5.56 Å². The summed E-state index contributed by atoms with van der Waals surface area (Å²) >= 11 is 1.55. The Morgan fingerprint density at radius 1 is 1.25 bits per heavy atom. The van der Waals surface area contributed by atoms with Gasteiger partial charge in [0.25, 0.3) is 5.91 Å². The van der Waals surface area contributed by atoms with E-state index in [4.69, 9.17) is 9.26 Å². The molecule has 1 amide bonds. The van der Waals surface area contributed by atoms with Gasteiger partial charge < -0.3 is 14.2 Å². The Hall–Kier alpha value is -2.67. The third kappa shape index (κ3) is 4.59. The van der Waals surface area contributed by atoms with Gasteiger partial charge in [-0.15, -0.1) is 11.3 Å². The number of thiophene rings is 1. The summed E-state index contributed by atoms with van der Waals surface area (Å²) in [5, 5.41) is 5.97. The van der Waals surface area contributed by atoms with E-state index in [1.807, 2.05) is 56.5 Å². The number of hydrogen-bond donors (Lipinski definition) is 0. The minimum absolute atomic E-state index is 0.0842. The fourth-order valence-electron chi connectivity index (χ4n) is 2.80. The van der Waals surface area contributed by atoms with E-state index in [9.17, 15) is 4.79 Å². The summed E-state index contributed by atoms with van der Waals surface area (Å²) in [6.45, 7) is 8.75. The van der Waals surface area contributed by atoms with Crippen LogP contribution >= 0.6 is 11.3 Å². The fourth-order valence-corrected chi connectivity index (χ4v) is 3.45. The van der Waals surface area contributed by atoms with E-state index in [1.54, 1.807) is 16.2 Å². The molecule has 0 spiro atoms. The molecule has 2 heterocycles. The van der Waals surface area contributed by atoms with Gasteiger partial charge in [0, 0.05) is 6.54 Å². The van der Waals surface area contributed by atoms with Gasteiger partial charge in [0.05, 0.1) is 4.88 Å². The first-order valence-electron chi connectivity index (χ1n) is 9.41. The molecule has 3 aromatic rings. The second kappa shape index (κ2) is 9.01. The Bertz CT molecular complexity index is 921. The van der Waals surface area contributed by atoms with Gasteiger partial charge in [-0.1, -0.05) is 24.2 Å². The number of likely N-dealkylation sites (N-methyl/N-ethyl adjacent to an activating group) is 1. The van der Waals surface area contributed by atoms with Crippen LogP contribution in [0.15, 0.2) is 40.2 Å². The van der Waals surface area contributed by atoms with Gasteiger partial charge in [0.2, 0.25) is 11.7 Å². The molecule has 0 N–H and O–H groups in total. The van der Waals surface area contributed by atoms with Crippen LogP contribution < -0.4 is 4.74 Å². The Kier molecular flexibility index (Phi) is 6.46. The molecule has 148 valence electrons. The molecular weight excluding hydrogens is 374 g/mol. The van der Waals surface area contributed by atoms with E-state index in [2.05, 4.69) is 17.1 Å². The van der Waals surface area contributed by atoms with Crippen molar-refractivity contribution in [1.82, 2.24) is 15.0 Å². The van der Waals surface area contributed by atoms with Gasteiger partial charge in [-0.25, -0.2) is 0 Å². The van der Waals surface area contributed by atoms with Crippen LogP contribution in [0, 0.1) is 13.8 Å². The maximum atomic E-state index is 13.0. The monoisotopic (exact) mass is 399 g/mol. The van der Waals surface area contributed by atoms with Crippen LogP contribution in [0.5, 0.6) is 5.75 Å². The standard InChI is InChI=1S/C21H25N3O3S/c1-5-17(26-16-10-9-14(3)15(4)12-16)21(25)24(6-2)13-19-22-20(23-27-19)18-8-7-11-28-18/h7-12,17H,5-6,13H2,1-4H3. The predicted octanol–water partition coefficient (Wildman–Crippen LogP) is 4.62. The summed E-state index contributed by atoms with van der Waals surface area (Å²) in [6.07, 6.45) is 0.0220. The number of carbonyl (C=O) groups is 1. The Labute approximate surface area is 169 Å². The zero-order valence-corrected chi connectivity index (χ0v) is 17.5. The molecule has 0 aliphatic heterocycles. The smallest absolute Gasteiger partial charge is 0.264 e. The molecule has 1 unspecified atom stereocenters. The highest BCUT2D eigenvalue weighted by Gasteiger charge is 2.25. The van der Waals surface area contributed by atoms with Crippen molar-refractivity contribution in [3.63, 3.8) is 0 Å². The summed E-state index contributed by atoms with van der Waals surface area (Å²) in [6, 6.07) is 9.75. The molecule has 0 fully saturated rings. The van der Waals surface area contributed by atoms with Crippen LogP contribution in [0.4, 0.5) is 0 Å². The molecular formula is C21H25N3O3S. The summed E-state index contributed by atoms with van der Waals surface area (Å²) in [4.78, 5) is 20.0. The number of rotatable bonds is 8. The third-order valence-electron chi connectivity index (χ3n) is 4.63. The Morgan fingerprint density at radius 3 is 2.71 bits per heavy atom. The number of benzene rings is 1. The zero-order chi connectivity index (χ0) is 20.1. The van der Waals surface area contributed by atoms with Crippen molar-refractivity contribution >= 4 is 17.2 Å². The number of ether oxygens (including phenoxy) is 1. The maximum absolute atomic E-state index is 13.0. The molecule has 0 aliphatic carbocycles. The highest BCUT2D eigenvalue weighted by atomic mass is 32.1. The molecule has 0 bridgehead atoms. The van der Waals surface area contributed by atoms with Crippen LogP contribution in [0.3, 0.4) is 0 Å². The SMILES string of the molecule is CCC(Oc1ccc(C)c(C)c1)C(=O)N(CC)Cc1nc(-c2cccs2)no1. The molecule has 28 heavy (non-hydrogen) atoms. The average Bonchev–Trinajstić information content (AvgIpc) is 3.38.